The molecule has 1 fully saturated rings. The van der Waals surface area contributed by atoms with Gasteiger partial charge in [0.05, 0.1) is 9.83 Å². The van der Waals surface area contributed by atoms with Gasteiger partial charge in [-0.3, -0.25) is 19.8 Å². The standard InChI is InChI=1S/C14H12N2O6S2/c17-10-4-3-9(16(21)22)6-8(10)7-11-13(20)15(14(23)24-11)5-1-2-12(18)19/h3-4,6-7,17H,1-2,5H2,(H,18,19)/p-2/b11-7+. The molecule has 1 aliphatic rings. The van der Waals surface area contributed by atoms with E-state index >= 15 is 0 Å². The fourth-order valence-electron chi connectivity index (χ4n) is 1.98. The zero-order chi connectivity index (χ0) is 17.9. The van der Waals surface area contributed by atoms with Gasteiger partial charge in [-0.25, -0.2) is 0 Å². The maximum Gasteiger partial charge on any atom is 0.269 e. The van der Waals surface area contributed by atoms with Crippen LogP contribution in [0.25, 0.3) is 6.08 Å². The molecule has 0 spiro atoms. The minimum absolute atomic E-state index is 0.0134. The SMILES string of the molecule is O=C([O-])CCCN1C(=O)/C(=C\c2cc([N+](=O)[O-])ccc2[O-])SC1=S. The minimum atomic E-state index is -1.22. The fraction of sp³-hybridized carbons (Fsp3) is 0.214. The topological polar surface area (TPSA) is 127 Å². The average Bonchev–Trinajstić information content (AvgIpc) is 2.76. The number of carbonyl (C=O) groups excluding carboxylic acids is 2. The van der Waals surface area contributed by atoms with E-state index in [1.165, 1.54) is 11.0 Å². The maximum absolute atomic E-state index is 12.3. The molecule has 0 aliphatic carbocycles. The van der Waals surface area contributed by atoms with Crippen LogP contribution >= 0.6 is 24.0 Å². The van der Waals surface area contributed by atoms with Gasteiger partial charge < -0.3 is 15.0 Å². The summed E-state index contributed by atoms with van der Waals surface area (Å²) in [5.74, 6) is -2.14. The van der Waals surface area contributed by atoms with Gasteiger partial charge in [-0.2, -0.15) is 0 Å². The molecule has 1 aromatic carbocycles. The Balaban J connectivity index is 2.21. The summed E-state index contributed by atoms with van der Waals surface area (Å²) in [6.45, 7) is 0.120. The van der Waals surface area contributed by atoms with E-state index in [1.807, 2.05) is 0 Å². The van der Waals surface area contributed by atoms with Gasteiger partial charge in [0, 0.05) is 24.6 Å². The molecule has 0 bridgehead atoms. The Morgan fingerprint density at radius 2 is 2.12 bits per heavy atom. The van der Waals surface area contributed by atoms with Crippen LogP contribution in [0.5, 0.6) is 5.75 Å². The predicted molar refractivity (Wildman–Crippen MR) is 86.7 cm³/mol. The van der Waals surface area contributed by atoms with Gasteiger partial charge in [0.25, 0.3) is 11.6 Å². The molecule has 2 rings (SSSR count). The summed E-state index contributed by atoms with van der Waals surface area (Å²) in [5.41, 5.74) is -0.246. The summed E-state index contributed by atoms with van der Waals surface area (Å²) in [5, 5.41) is 33.0. The van der Waals surface area contributed by atoms with Gasteiger partial charge >= 0.3 is 0 Å². The van der Waals surface area contributed by atoms with E-state index in [0.29, 0.717) is 0 Å². The maximum atomic E-state index is 12.3. The number of hydrogen-bond donors (Lipinski definition) is 0. The second kappa shape index (κ2) is 7.41. The molecular formula is C14H10N2O6S2-2. The van der Waals surface area contributed by atoms with Gasteiger partial charge in [-0.05, 0) is 24.5 Å². The van der Waals surface area contributed by atoms with Crippen LogP contribution in [-0.4, -0.2) is 32.6 Å². The van der Waals surface area contributed by atoms with E-state index in [4.69, 9.17) is 12.2 Å². The molecular weight excluding hydrogens is 356 g/mol. The molecule has 1 saturated heterocycles. The molecule has 0 N–H and O–H groups in total. The predicted octanol–water partition coefficient (Wildman–Crippen LogP) is 0.400. The molecule has 0 unspecified atom stereocenters. The Morgan fingerprint density at radius 1 is 1.42 bits per heavy atom. The number of nitro benzene ring substituents is 1. The quantitative estimate of drug-likeness (QED) is 0.306. The number of carboxylic acid groups (broad SMARTS) is 1. The van der Waals surface area contributed by atoms with Crippen molar-refractivity contribution < 1.29 is 24.7 Å². The highest BCUT2D eigenvalue weighted by molar-refractivity contribution is 8.26. The van der Waals surface area contributed by atoms with E-state index in [0.717, 1.165) is 30.0 Å². The lowest BCUT2D eigenvalue weighted by Gasteiger charge is -2.14. The monoisotopic (exact) mass is 366 g/mol. The molecule has 1 amide bonds. The molecule has 0 saturated carbocycles. The third kappa shape index (κ3) is 4.09. The number of carboxylic acids is 1. The molecule has 1 aliphatic heterocycles. The molecule has 10 heteroatoms. The Morgan fingerprint density at radius 3 is 2.75 bits per heavy atom. The summed E-state index contributed by atoms with van der Waals surface area (Å²) < 4.78 is 0.238. The molecule has 8 nitrogen and oxygen atoms in total. The van der Waals surface area contributed by atoms with Crippen LogP contribution in [0.1, 0.15) is 18.4 Å². The first-order valence-corrected chi connectivity index (χ1v) is 7.92. The summed E-state index contributed by atoms with van der Waals surface area (Å²) >= 11 is 6.02. The summed E-state index contributed by atoms with van der Waals surface area (Å²) in [4.78, 5) is 34.2. The molecule has 0 aromatic heterocycles. The highest BCUT2D eigenvalue weighted by Gasteiger charge is 2.31. The van der Waals surface area contributed by atoms with Crippen molar-refractivity contribution in [1.82, 2.24) is 4.90 Å². The number of nitrogens with zero attached hydrogens (tertiary/aromatic N) is 2. The van der Waals surface area contributed by atoms with Gasteiger partial charge in [-0.1, -0.05) is 30.0 Å². The number of nitro groups is 1. The van der Waals surface area contributed by atoms with Crippen LogP contribution in [0.15, 0.2) is 23.1 Å². The Hall–Kier alpha value is -2.46. The van der Waals surface area contributed by atoms with E-state index in [1.54, 1.807) is 0 Å². The number of aliphatic carboxylic acids is 1. The Kier molecular flexibility index (Phi) is 5.52. The number of benzene rings is 1. The second-order valence-electron chi connectivity index (χ2n) is 4.79. The zero-order valence-electron chi connectivity index (χ0n) is 12.1. The number of carbonyl (C=O) groups is 2. The second-order valence-corrected chi connectivity index (χ2v) is 6.46. The van der Waals surface area contributed by atoms with Gasteiger partial charge in [-0.15, -0.1) is 5.75 Å². The van der Waals surface area contributed by atoms with Crippen molar-refractivity contribution in [3.05, 3.63) is 38.8 Å². The van der Waals surface area contributed by atoms with Crippen LogP contribution in [0.3, 0.4) is 0 Å². The minimum Gasteiger partial charge on any atom is -0.872 e. The Bertz CT molecular complexity index is 762. The number of non-ortho nitro benzene ring substituents is 1. The zero-order valence-corrected chi connectivity index (χ0v) is 13.7. The van der Waals surface area contributed by atoms with Crippen molar-refractivity contribution in [1.29, 1.82) is 0 Å². The summed E-state index contributed by atoms with van der Waals surface area (Å²) in [7, 11) is 0. The van der Waals surface area contributed by atoms with Gasteiger partial charge in [0.15, 0.2) is 0 Å². The third-order valence-electron chi connectivity index (χ3n) is 3.13. The van der Waals surface area contributed by atoms with E-state index in [2.05, 4.69) is 0 Å². The lowest BCUT2D eigenvalue weighted by atomic mass is 10.1. The van der Waals surface area contributed by atoms with Gasteiger partial charge in [0.2, 0.25) is 0 Å². The van der Waals surface area contributed by atoms with Crippen molar-refractivity contribution in [2.45, 2.75) is 12.8 Å². The number of hydrogen-bond acceptors (Lipinski definition) is 8. The first-order valence-electron chi connectivity index (χ1n) is 6.70. The first kappa shape index (κ1) is 17.9. The largest absolute Gasteiger partial charge is 0.872 e. The lowest BCUT2D eigenvalue weighted by molar-refractivity contribution is -0.385. The smallest absolute Gasteiger partial charge is 0.269 e. The number of rotatable bonds is 6. The highest BCUT2D eigenvalue weighted by Crippen LogP contribution is 2.34. The van der Waals surface area contributed by atoms with Crippen LogP contribution in [0, 0.1) is 10.1 Å². The van der Waals surface area contributed by atoms with Crippen molar-refractivity contribution in [3.63, 3.8) is 0 Å². The van der Waals surface area contributed by atoms with Gasteiger partial charge in [0.1, 0.15) is 4.32 Å². The number of thioether (sulfide) groups is 1. The molecule has 24 heavy (non-hydrogen) atoms. The molecule has 0 radical (unpaired) electrons. The molecule has 1 aromatic rings. The van der Waals surface area contributed by atoms with Crippen molar-refractivity contribution >= 4 is 51.9 Å². The van der Waals surface area contributed by atoms with E-state index in [9.17, 15) is 29.9 Å². The highest BCUT2D eigenvalue weighted by atomic mass is 32.2. The first-order chi connectivity index (χ1) is 11.3. The fourth-order valence-corrected chi connectivity index (χ4v) is 3.28. The molecule has 0 atom stereocenters. The van der Waals surface area contributed by atoms with E-state index in [-0.39, 0.29) is 39.9 Å². The molecule has 1 heterocycles. The van der Waals surface area contributed by atoms with Crippen LogP contribution in [-0.2, 0) is 9.59 Å². The summed E-state index contributed by atoms with van der Waals surface area (Å²) in [6, 6.07) is 3.24. The third-order valence-corrected chi connectivity index (χ3v) is 4.50. The van der Waals surface area contributed by atoms with Crippen LogP contribution in [0.2, 0.25) is 0 Å². The average molecular weight is 366 g/mol. The van der Waals surface area contributed by atoms with Crippen LogP contribution < -0.4 is 10.2 Å². The van der Waals surface area contributed by atoms with Crippen molar-refractivity contribution in [2.24, 2.45) is 0 Å². The van der Waals surface area contributed by atoms with Crippen molar-refractivity contribution in [3.8, 4) is 5.75 Å². The number of amides is 1. The van der Waals surface area contributed by atoms with E-state index < -0.39 is 22.5 Å². The normalized spacial score (nSPS) is 16.0. The van der Waals surface area contributed by atoms with Crippen molar-refractivity contribution in [2.75, 3.05) is 6.54 Å². The summed E-state index contributed by atoms with van der Waals surface area (Å²) in [6.07, 6.45) is 1.24. The van der Waals surface area contributed by atoms with Crippen LogP contribution in [0.4, 0.5) is 5.69 Å². The number of thiocarbonyl (C=S) groups is 1. The lowest BCUT2D eigenvalue weighted by Crippen LogP contribution is -2.30. The molecule has 126 valence electrons. The Labute approximate surface area is 145 Å².